The van der Waals surface area contributed by atoms with Gasteiger partial charge in [-0.25, -0.2) is 0 Å². The lowest BCUT2D eigenvalue weighted by Crippen LogP contribution is -2.61. The van der Waals surface area contributed by atoms with Crippen LogP contribution in [-0.2, 0) is 0 Å². The molecule has 0 radical (unpaired) electrons. The molecule has 0 saturated carbocycles. The monoisotopic (exact) mass is 436 g/mol. The number of nitrogens with zero attached hydrogens (tertiary/aromatic N) is 2. The Hall–Kier alpha value is -4.44. The average Bonchev–Trinajstić information content (AvgIpc) is 2.89. The third kappa shape index (κ3) is 2.66. The Balaban J connectivity index is 1.60. The molecule has 2 aliphatic rings. The molecular formula is C30H21BN2O. The number of phenolic OH excluding ortho intramolecular Hbond substituents is 1. The molecule has 0 atom stereocenters. The second kappa shape index (κ2) is 7.29. The fourth-order valence-electron chi connectivity index (χ4n) is 5.59. The normalized spacial score (nSPS) is 13.2. The van der Waals surface area contributed by atoms with Crippen molar-refractivity contribution >= 4 is 57.2 Å². The summed E-state index contributed by atoms with van der Waals surface area (Å²) in [6.07, 6.45) is 0. The maximum atomic E-state index is 11.0. The van der Waals surface area contributed by atoms with Crippen LogP contribution in [0.3, 0.4) is 0 Å². The number of phenols is 1. The second-order valence-electron chi connectivity index (χ2n) is 8.79. The first-order valence-corrected chi connectivity index (χ1v) is 11.6. The molecule has 160 valence electrons. The van der Waals surface area contributed by atoms with Gasteiger partial charge in [0, 0.05) is 46.3 Å². The van der Waals surface area contributed by atoms with E-state index in [1.807, 2.05) is 24.3 Å². The van der Waals surface area contributed by atoms with Gasteiger partial charge in [-0.15, -0.1) is 0 Å². The van der Waals surface area contributed by atoms with Crippen molar-refractivity contribution in [2.24, 2.45) is 0 Å². The molecule has 34 heavy (non-hydrogen) atoms. The van der Waals surface area contributed by atoms with Crippen molar-refractivity contribution in [2.75, 3.05) is 9.80 Å². The highest BCUT2D eigenvalue weighted by molar-refractivity contribution is 7.00. The van der Waals surface area contributed by atoms with Crippen LogP contribution < -0.4 is 26.2 Å². The molecule has 5 aromatic carbocycles. The molecule has 4 heteroatoms. The smallest absolute Gasteiger partial charge is 0.252 e. The third-order valence-corrected chi connectivity index (χ3v) is 6.90. The SMILES string of the molecule is Oc1cc2c3c(c1)N(c1ccccc1)c1ccccc1B3c1ccccc1N2c1ccccc1. The Morgan fingerprint density at radius 3 is 1.35 bits per heavy atom. The number of aromatic hydroxyl groups is 1. The van der Waals surface area contributed by atoms with Crippen LogP contribution in [0.15, 0.2) is 121 Å². The number of benzene rings is 5. The predicted molar refractivity (Wildman–Crippen MR) is 142 cm³/mol. The summed E-state index contributed by atoms with van der Waals surface area (Å²) >= 11 is 0. The number of hydrogen-bond donors (Lipinski definition) is 1. The van der Waals surface area contributed by atoms with E-state index in [2.05, 4.69) is 107 Å². The van der Waals surface area contributed by atoms with Crippen molar-refractivity contribution in [2.45, 2.75) is 0 Å². The predicted octanol–water partition coefficient (Wildman–Crippen LogP) is 5.47. The minimum absolute atomic E-state index is 0.0814. The fraction of sp³-hybridized carbons (Fsp3) is 0. The number of para-hydroxylation sites is 4. The van der Waals surface area contributed by atoms with Crippen LogP contribution in [0, 0.1) is 0 Å². The Kier molecular flexibility index (Phi) is 4.09. The lowest BCUT2D eigenvalue weighted by Gasteiger charge is -2.44. The quantitative estimate of drug-likeness (QED) is 0.364. The van der Waals surface area contributed by atoms with E-state index in [0.717, 1.165) is 34.1 Å². The van der Waals surface area contributed by atoms with Gasteiger partial charge in [-0.05, 0) is 52.8 Å². The molecule has 0 fully saturated rings. The minimum Gasteiger partial charge on any atom is -0.508 e. The molecule has 0 bridgehead atoms. The zero-order valence-corrected chi connectivity index (χ0v) is 18.5. The van der Waals surface area contributed by atoms with Gasteiger partial charge in [-0.3, -0.25) is 0 Å². The van der Waals surface area contributed by atoms with Crippen LogP contribution in [0.4, 0.5) is 34.1 Å². The molecule has 0 unspecified atom stereocenters. The molecule has 0 aliphatic carbocycles. The van der Waals surface area contributed by atoms with Gasteiger partial charge in [0.15, 0.2) is 0 Å². The van der Waals surface area contributed by atoms with E-state index in [9.17, 15) is 5.11 Å². The highest BCUT2D eigenvalue weighted by Crippen LogP contribution is 2.45. The van der Waals surface area contributed by atoms with Crippen LogP contribution in [0.2, 0.25) is 0 Å². The van der Waals surface area contributed by atoms with Gasteiger partial charge in [0.2, 0.25) is 0 Å². The van der Waals surface area contributed by atoms with Crippen LogP contribution in [0.5, 0.6) is 5.75 Å². The molecular weight excluding hydrogens is 415 g/mol. The lowest BCUT2D eigenvalue weighted by atomic mass is 9.33. The summed E-state index contributed by atoms with van der Waals surface area (Å²) < 4.78 is 0. The summed E-state index contributed by atoms with van der Waals surface area (Å²) in [6, 6.07) is 41.9. The van der Waals surface area contributed by atoms with Crippen molar-refractivity contribution in [3.8, 4) is 5.75 Å². The molecule has 2 aliphatic heterocycles. The molecule has 3 nitrogen and oxygen atoms in total. The van der Waals surface area contributed by atoms with Crippen molar-refractivity contribution in [1.82, 2.24) is 0 Å². The first-order chi connectivity index (χ1) is 16.8. The summed E-state index contributed by atoms with van der Waals surface area (Å²) in [5, 5.41) is 11.0. The van der Waals surface area contributed by atoms with E-state index in [0.29, 0.717) is 0 Å². The van der Waals surface area contributed by atoms with E-state index < -0.39 is 0 Å². The minimum atomic E-state index is 0.0814. The maximum Gasteiger partial charge on any atom is 0.252 e. The highest BCUT2D eigenvalue weighted by atomic mass is 16.3. The molecule has 5 aromatic rings. The van der Waals surface area contributed by atoms with Gasteiger partial charge in [0.25, 0.3) is 6.71 Å². The Morgan fingerprint density at radius 2 is 0.882 bits per heavy atom. The van der Waals surface area contributed by atoms with Crippen molar-refractivity contribution < 1.29 is 5.11 Å². The number of anilines is 6. The van der Waals surface area contributed by atoms with E-state index in [1.165, 1.54) is 16.4 Å². The molecule has 0 saturated heterocycles. The molecule has 0 aromatic heterocycles. The van der Waals surface area contributed by atoms with Crippen LogP contribution in [0.1, 0.15) is 0 Å². The van der Waals surface area contributed by atoms with Gasteiger partial charge in [-0.1, -0.05) is 72.8 Å². The summed E-state index contributed by atoms with van der Waals surface area (Å²) in [5.74, 6) is 0.258. The standard InChI is InChI=1S/C30H21BN2O/c34-23-19-28-30-29(20-23)33(22-13-5-2-6-14-22)27-18-10-8-16-25(27)31(30)24-15-7-9-17-26(24)32(28)21-11-3-1-4-12-21/h1-20,34H. The maximum absolute atomic E-state index is 11.0. The van der Waals surface area contributed by atoms with Crippen molar-refractivity contribution in [3.05, 3.63) is 121 Å². The Morgan fingerprint density at radius 1 is 0.471 bits per heavy atom. The highest BCUT2D eigenvalue weighted by Gasteiger charge is 2.43. The molecule has 1 N–H and O–H groups in total. The van der Waals surface area contributed by atoms with Gasteiger partial charge >= 0.3 is 0 Å². The number of hydrogen-bond acceptors (Lipinski definition) is 3. The summed E-state index contributed by atoms with van der Waals surface area (Å²) in [7, 11) is 0. The van der Waals surface area contributed by atoms with E-state index >= 15 is 0 Å². The zero-order valence-electron chi connectivity index (χ0n) is 18.5. The van der Waals surface area contributed by atoms with Gasteiger partial charge in [-0.2, -0.15) is 0 Å². The third-order valence-electron chi connectivity index (χ3n) is 6.90. The van der Waals surface area contributed by atoms with Crippen molar-refractivity contribution in [1.29, 1.82) is 0 Å². The van der Waals surface area contributed by atoms with Crippen molar-refractivity contribution in [3.63, 3.8) is 0 Å². The van der Waals surface area contributed by atoms with Crippen LogP contribution in [-0.4, -0.2) is 11.8 Å². The lowest BCUT2D eigenvalue weighted by molar-refractivity contribution is 0.476. The second-order valence-corrected chi connectivity index (χ2v) is 8.79. The first kappa shape index (κ1) is 19.1. The molecule has 0 spiro atoms. The fourth-order valence-corrected chi connectivity index (χ4v) is 5.59. The van der Waals surface area contributed by atoms with E-state index in [4.69, 9.17) is 0 Å². The summed E-state index contributed by atoms with van der Waals surface area (Å²) in [4.78, 5) is 4.56. The number of rotatable bonds is 2. The first-order valence-electron chi connectivity index (χ1n) is 11.6. The molecule has 0 amide bonds. The van der Waals surface area contributed by atoms with Crippen LogP contribution >= 0.6 is 0 Å². The van der Waals surface area contributed by atoms with Gasteiger partial charge < -0.3 is 14.9 Å². The van der Waals surface area contributed by atoms with Crippen LogP contribution in [0.25, 0.3) is 0 Å². The van der Waals surface area contributed by atoms with E-state index in [-0.39, 0.29) is 12.5 Å². The average molecular weight is 436 g/mol. The summed E-state index contributed by atoms with van der Waals surface area (Å²) in [6.45, 7) is 0.0814. The molecule has 7 rings (SSSR count). The van der Waals surface area contributed by atoms with E-state index in [1.54, 1.807) is 0 Å². The topological polar surface area (TPSA) is 26.7 Å². The van der Waals surface area contributed by atoms with Gasteiger partial charge in [0.05, 0.1) is 0 Å². The largest absolute Gasteiger partial charge is 0.508 e. The molecule has 2 heterocycles. The Bertz CT molecular complexity index is 1420. The Labute approximate surface area is 199 Å². The number of fused-ring (bicyclic) bond motifs is 4. The van der Waals surface area contributed by atoms with Gasteiger partial charge in [0.1, 0.15) is 5.75 Å². The zero-order chi connectivity index (χ0) is 22.6. The summed E-state index contributed by atoms with van der Waals surface area (Å²) in [5.41, 5.74) is 10.2.